The Morgan fingerprint density at radius 2 is 1.05 bits per heavy atom. The van der Waals surface area contributed by atoms with Crippen LogP contribution in [0, 0.1) is 0 Å². The first-order chi connectivity index (χ1) is 19.9. The molecule has 42 heavy (non-hydrogen) atoms. The SMILES string of the molecule is CCO[C@@H]1O[C@H](CO)[C@@H](O[C@@H]2O[C@H](CO)[C@@H](O[C@@H]3O[C@H](CO)[C@H](O)[C@H](O)[C@H]3O)[C@H](O)[C@H]2NC(C)=O)[C@H](O)[C@H]1NC(C)=O. The van der Waals surface area contributed by atoms with E-state index in [9.17, 15) is 50.4 Å². The van der Waals surface area contributed by atoms with Crippen molar-refractivity contribution >= 4 is 11.8 Å². The molecule has 3 saturated heterocycles. The Morgan fingerprint density at radius 1 is 0.619 bits per heavy atom. The maximum Gasteiger partial charge on any atom is 0.217 e. The van der Waals surface area contributed by atoms with E-state index in [-0.39, 0.29) is 6.61 Å². The second-order valence-electron chi connectivity index (χ2n) is 10.2. The molecule has 0 aromatic rings. The van der Waals surface area contributed by atoms with Gasteiger partial charge >= 0.3 is 0 Å². The standard InChI is InChI=1S/C24H42N2O16/c1-4-37-22-13(25-8(2)30)16(33)20(11(6-28)39-22)41-23-14(26-9(3)31)17(34)21(12(7-29)40-23)42-24-19(36)18(35)15(32)10(5-27)38-24/h10-24,27-29,32-36H,4-7H2,1-3H3,(H,25,30)(H,26,31)/t10-,11-,12-,13-,14-,15+,16-,17-,18+,19-,20-,21-,22-,23+,24+/m1/s1. The van der Waals surface area contributed by atoms with Crippen LogP contribution in [0.2, 0.25) is 0 Å². The summed E-state index contributed by atoms with van der Waals surface area (Å²) in [7, 11) is 0. The number of hydrogen-bond donors (Lipinski definition) is 10. The lowest BCUT2D eigenvalue weighted by Crippen LogP contribution is -2.70. The van der Waals surface area contributed by atoms with E-state index < -0.39 is 124 Å². The van der Waals surface area contributed by atoms with Crippen LogP contribution in [0.15, 0.2) is 0 Å². The molecular formula is C24H42N2O16. The lowest BCUT2D eigenvalue weighted by atomic mass is 9.94. The van der Waals surface area contributed by atoms with Crippen LogP contribution in [0.5, 0.6) is 0 Å². The lowest BCUT2D eigenvalue weighted by molar-refractivity contribution is -0.361. The molecule has 0 aliphatic carbocycles. The summed E-state index contributed by atoms with van der Waals surface area (Å²) in [6.45, 7) is 1.91. The molecule has 18 nitrogen and oxygen atoms in total. The summed E-state index contributed by atoms with van der Waals surface area (Å²) in [5, 5.41) is 87.4. The van der Waals surface area contributed by atoms with Crippen molar-refractivity contribution in [3.8, 4) is 0 Å². The first kappa shape index (κ1) is 34.9. The van der Waals surface area contributed by atoms with Gasteiger partial charge in [0.15, 0.2) is 18.9 Å². The minimum Gasteiger partial charge on any atom is -0.394 e. The van der Waals surface area contributed by atoms with E-state index in [1.54, 1.807) is 6.92 Å². The third-order valence-electron chi connectivity index (χ3n) is 7.21. The Kier molecular flexibility index (Phi) is 12.8. The minimum atomic E-state index is -1.84. The molecule has 3 fully saturated rings. The maximum absolute atomic E-state index is 12.1. The van der Waals surface area contributed by atoms with Crippen molar-refractivity contribution < 1.29 is 78.9 Å². The van der Waals surface area contributed by atoms with Gasteiger partial charge in [-0.05, 0) is 6.92 Å². The molecule has 244 valence electrons. The third kappa shape index (κ3) is 7.71. The van der Waals surface area contributed by atoms with E-state index in [1.165, 1.54) is 6.92 Å². The van der Waals surface area contributed by atoms with E-state index in [1.807, 2.05) is 0 Å². The third-order valence-corrected chi connectivity index (χ3v) is 7.21. The van der Waals surface area contributed by atoms with Gasteiger partial charge in [0.25, 0.3) is 0 Å². The number of nitrogens with one attached hydrogen (secondary N) is 2. The van der Waals surface area contributed by atoms with E-state index >= 15 is 0 Å². The molecule has 0 aromatic carbocycles. The van der Waals surface area contributed by atoms with Gasteiger partial charge < -0.3 is 79.9 Å². The van der Waals surface area contributed by atoms with Gasteiger partial charge in [-0.1, -0.05) is 0 Å². The Morgan fingerprint density at radius 3 is 1.50 bits per heavy atom. The number of hydrogen-bond acceptors (Lipinski definition) is 16. The second kappa shape index (κ2) is 15.4. The Labute approximate surface area is 241 Å². The lowest BCUT2D eigenvalue weighted by Gasteiger charge is -2.49. The van der Waals surface area contributed by atoms with E-state index in [2.05, 4.69) is 10.6 Å². The fourth-order valence-electron chi connectivity index (χ4n) is 5.16. The average molecular weight is 615 g/mol. The van der Waals surface area contributed by atoms with Crippen molar-refractivity contribution in [3.05, 3.63) is 0 Å². The molecular weight excluding hydrogens is 572 g/mol. The van der Waals surface area contributed by atoms with Gasteiger partial charge in [0, 0.05) is 20.5 Å². The highest BCUT2D eigenvalue weighted by Crippen LogP contribution is 2.32. The van der Waals surface area contributed by atoms with Crippen molar-refractivity contribution in [2.24, 2.45) is 0 Å². The van der Waals surface area contributed by atoms with E-state index in [0.29, 0.717) is 0 Å². The van der Waals surface area contributed by atoms with Crippen molar-refractivity contribution in [3.63, 3.8) is 0 Å². The summed E-state index contributed by atoms with van der Waals surface area (Å²) in [5.74, 6) is -1.18. The predicted molar refractivity (Wildman–Crippen MR) is 134 cm³/mol. The molecule has 0 aromatic heterocycles. The zero-order chi connectivity index (χ0) is 31.3. The highest BCUT2D eigenvalue weighted by molar-refractivity contribution is 5.73. The minimum absolute atomic E-state index is 0.147. The molecule has 18 heteroatoms. The first-order valence-corrected chi connectivity index (χ1v) is 13.5. The van der Waals surface area contributed by atoms with Crippen LogP contribution in [0.4, 0.5) is 0 Å². The molecule has 3 rings (SSSR count). The van der Waals surface area contributed by atoms with Gasteiger partial charge in [-0.15, -0.1) is 0 Å². The summed E-state index contributed by atoms with van der Waals surface area (Å²) < 4.78 is 33.9. The number of aliphatic hydroxyl groups is 8. The molecule has 2 amide bonds. The summed E-state index contributed by atoms with van der Waals surface area (Å²) >= 11 is 0. The van der Waals surface area contributed by atoms with Gasteiger partial charge in [-0.25, -0.2) is 0 Å². The monoisotopic (exact) mass is 614 g/mol. The smallest absolute Gasteiger partial charge is 0.217 e. The van der Waals surface area contributed by atoms with Crippen molar-refractivity contribution in [2.45, 2.75) is 113 Å². The van der Waals surface area contributed by atoms with E-state index in [0.717, 1.165) is 6.92 Å². The predicted octanol–water partition coefficient (Wildman–Crippen LogP) is -6.24. The van der Waals surface area contributed by atoms with Crippen LogP contribution in [-0.4, -0.2) is 171 Å². The van der Waals surface area contributed by atoms with Crippen molar-refractivity contribution in [1.29, 1.82) is 0 Å². The highest BCUT2D eigenvalue weighted by Gasteiger charge is 2.54. The number of amides is 2. The second-order valence-corrected chi connectivity index (χ2v) is 10.2. The largest absolute Gasteiger partial charge is 0.394 e. The fraction of sp³-hybridized carbons (Fsp3) is 0.917. The zero-order valence-corrected chi connectivity index (χ0v) is 23.3. The van der Waals surface area contributed by atoms with Gasteiger partial charge in [-0.2, -0.15) is 0 Å². The van der Waals surface area contributed by atoms with Gasteiger partial charge in [0.1, 0.15) is 73.1 Å². The van der Waals surface area contributed by atoms with Crippen LogP contribution in [-0.2, 0) is 38.0 Å². The van der Waals surface area contributed by atoms with Crippen LogP contribution in [0.1, 0.15) is 20.8 Å². The van der Waals surface area contributed by atoms with Crippen LogP contribution in [0.25, 0.3) is 0 Å². The molecule has 0 radical (unpaired) electrons. The maximum atomic E-state index is 12.1. The average Bonchev–Trinajstić information content (AvgIpc) is 2.94. The zero-order valence-electron chi connectivity index (χ0n) is 23.3. The van der Waals surface area contributed by atoms with Crippen LogP contribution in [0.3, 0.4) is 0 Å². The van der Waals surface area contributed by atoms with E-state index in [4.69, 9.17) is 28.4 Å². The number of rotatable bonds is 11. The highest BCUT2D eigenvalue weighted by atomic mass is 16.7. The molecule has 3 aliphatic heterocycles. The molecule has 0 spiro atoms. The summed E-state index contributed by atoms with van der Waals surface area (Å²) in [6, 6.07) is -2.60. The fourth-order valence-corrected chi connectivity index (χ4v) is 5.16. The number of ether oxygens (including phenoxy) is 6. The molecule has 15 atom stereocenters. The summed E-state index contributed by atoms with van der Waals surface area (Å²) in [6.07, 6.45) is -20.0. The molecule has 0 unspecified atom stereocenters. The van der Waals surface area contributed by atoms with Crippen molar-refractivity contribution in [1.82, 2.24) is 10.6 Å². The van der Waals surface area contributed by atoms with Crippen LogP contribution < -0.4 is 10.6 Å². The Balaban J connectivity index is 1.86. The van der Waals surface area contributed by atoms with Gasteiger partial charge in [0.2, 0.25) is 11.8 Å². The number of carbonyl (C=O) groups excluding carboxylic acids is 2. The molecule has 3 heterocycles. The molecule has 3 aliphatic rings. The van der Waals surface area contributed by atoms with Gasteiger partial charge in [-0.3, -0.25) is 9.59 Å². The Bertz CT molecular complexity index is 883. The number of aliphatic hydroxyl groups excluding tert-OH is 8. The van der Waals surface area contributed by atoms with Crippen LogP contribution >= 0.6 is 0 Å². The molecule has 0 saturated carbocycles. The summed E-state index contributed by atoms with van der Waals surface area (Å²) in [5.41, 5.74) is 0. The van der Waals surface area contributed by atoms with Crippen molar-refractivity contribution in [2.75, 3.05) is 26.4 Å². The first-order valence-electron chi connectivity index (χ1n) is 13.5. The van der Waals surface area contributed by atoms with Gasteiger partial charge in [0.05, 0.1) is 19.8 Å². The summed E-state index contributed by atoms with van der Waals surface area (Å²) in [4.78, 5) is 23.9. The normalized spacial score (nSPS) is 44.4. The number of carbonyl (C=O) groups is 2. The quantitative estimate of drug-likeness (QED) is 0.104. The molecule has 0 bridgehead atoms. The Hall–Kier alpha value is -1.62. The molecule has 10 N–H and O–H groups in total. The topological polar surface area (TPSA) is 275 Å².